The average Bonchev–Trinajstić information content (AvgIpc) is 3.33. The van der Waals surface area contributed by atoms with Gasteiger partial charge < -0.3 is 24.0 Å². The molecule has 33 heavy (non-hydrogen) atoms. The van der Waals surface area contributed by atoms with Gasteiger partial charge in [0.05, 0.1) is 12.8 Å². The van der Waals surface area contributed by atoms with Gasteiger partial charge >= 0.3 is 0 Å². The predicted molar refractivity (Wildman–Crippen MR) is 122 cm³/mol. The number of rotatable bonds is 5. The molecule has 1 fully saturated rings. The van der Waals surface area contributed by atoms with Crippen LogP contribution >= 0.6 is 0 Å². The largest absolute Gasteiger partial charge is 0.497 e. The number of fused-ring (bicyclic) bond motifs is 1. The topological polar surface area (TPSA) is 86.1 Å². The Morgan fingerprint density at radius 3 is 2.64 bits per heavy atom. The maximum atomic E-state index is 12.9. The molecule has 1 saturated heterocycles. The lowest BCUT2D eigenvalue weighted by atomic mass is 10.1. The fourth-order valence-corrected chi connectivity index (χ4v) is 4.02. The summed E-state index contributed by atoms with van der Waals surface area (Å²) in [6, 6.07) is 16.4. The van der Waals surface area contributed by atoms with Crippen molar-refractivity contribution in [2.45, 2.75) is 6.54 Å². The van der Waals surface area contributed by atoms with E-state index >= 15 is 0 Å². The molecule has 0 bridgehead atoms. The van der Waals surface area contributed by atoms with E-state index in [1.54, 1.807) is 18.1 Å². The van der Waals surface area contributed by atoms with E-state index in [1.165, 1.54) is 10.7 Å². The van der Waals surface area contributed by atoms with Gasteiger partial charge in [-0.2, -0.15) is 5.10 Å². The van der Waals surface area contributed by atoms with Crippen LogP contribution in [0.1, 0.15) is 0 Å². The zero-order valence-electron chi connectivity index (χ0n) is 18.3. The number of hydrogen-bond acceptors (Lipinski definition) is 7. The number of benzene rings is 2. The Morgan fingerprint density at radius 1 is 1.00 bits per heavy atom. The van der Waals surface area contributed by atoms with Gasteiger partial charge in [-0.3, -0.25) is 9.59 Å². The van der Waals surface area contributed by atoms with E-state index in [2.05, 4.69) is 10.00 Å². The minimum absolute atomic E-state index is 0.101. The van der Waals surface area contributed by atoms with Gasteiger partial charge in [-0.05, 0) is 36.4 Å². The number of anilines is 1. The normalized spacial score (nSPS) is 14.9. The van der Waals surface area contributed by atoms with E-state index < -0.39 is 0 Å². The summed E-state index contributed by atoms with van der Waals surface area (Å²) < 4.78 is 17.3. The molecule has 5 rings (SSSR count). The van der Waals surface area contributed by atoms with E-state index in [0.29, 0.717) is 43.4 Å². The summed E-state index contributed by atoms with van der Waals surface area (Å²) in [4.78, 5) is 29.3. The van der Waals surface area contributed by atoms with E-state index in [-0.39, 0.29) is 24.8 Å². The second-order valence-corrected chi connectivity index (χ2v) is 7.85. The van der Waals surface area contributed by atoms with Crippen LogP contribution in [-0.4, -0.2) is 60.7 Å². The second kappa shape index (κ2) is 8.85. The van der Waals surface area contributed by atoms with Gasteiger partial charge in [-0.15, -0.1) is 0 Å². The number of methoxy groups -OCH3 is 1. The first kappa shape index (κ1) is 20.9. The van der Waals surface area contributed by atoms with E-state index in [1.807, 2.05) is 42.5 Å². The summed E-state index contributed by atoms with van der Waals surface area (Å²) in [5.41, 5.74) is 2.12. The fourth-order valence-electron chi connectivity index (χ4n) is 4.02. The Morgan fingerprint density at radius 2 is 1.82 bits per heavy atom. The summed E-state index contributed by atoms with van der Waals surface area (Å²) in [6.45, 7) is 2.65. The molecule has 0 aliphatic carbocycles. The summed E-state index contributed by atoms with van der Waals surface area (Å²) in [5.74, 6) is 1.99. The minimum Gasteiger partial charge on any atom is -0.497 e. The van der Waals surface area contributed by atoms with Crippen molar-refractivity contribution >= 4 is 11.6 Å². The summed E-state index contributed by atoms with van der Waals surface area (Å²) in [6.07, 6.45) is 0. The molecule has 2 aromatic carbocycles. The van der Waals surface area contributed by atoms with Crippen LogP contribution in [-0.2, 0) is 11.3 Å². The van der Waals surface area contributed by atoms with Gasteiger partial charge in [0, 0.05) is 49.6 Å². The van der Waals surface area contributed by atoms with Crippen LogP contribution < -0.4 is 24.7 Å². The van der Waals surface area contributed by atoms with Crippen molar-refractivity contribution in [3.8, 4) is 28.5 Å². The smallest absolute Gasteiger partial charge is 0.267 e. The number of carbonyl (C=O) groups is 1. The molecular formula is C24H24N4O5. The highest BCUT2D eigenvalue weighted by molar-refractivity contribution is 5.76. The number of aromatic nitrogens is 2. The number of piperazine rings is 1. The van der Waals surface area contributed by atoms with E-state index in [0.717, 1.165) is 17.0 Å². The van der Waals surface area contributed by atoms with Crippen LogP contribution in [0.4, 0.5) is 5.69 Å². The standard InChI is InChI=1S/C24H24N4O5/c1-31-19-4-2-3-18(14-19)26-9-11-27(12-10-26)24(30)15-28-23(29)8-6-20(25-28)17-5-7-21-22(13-17)33-16-32-21/h2-8,13-14H,9-12,15-16H2,1H3. The molecule has 3 aromatic rings. The Kier molecular flexibility index (Phi) is 5.60. The van der Waals surface area contributed by atoms with Gasteiger partial charge in [0.2, 0.25) is 12.7 Å². The highest BCUT2D eigenvalue weighted by Crippen LogP contribution is 2.35. The highest BCUT2D eigenvalue weighted by atomic mass is 16.7. The maximum Gasteiger partial charge on any atom is 0.267 e. The summed E-state index contributed by atoms with van der Waals surface area (Å²) in [7, 11) is 1.65. The van der Waals surface area contributed by atoms with Gasteiger partial charge in [0.1, 0.15) is 12.3 Å². The molecule has 0 saturated carbocycles. The minimum atomic E-state index is -0.317. The first-order valence-electron chi connectivity index (χ1n) is 10.8. The molecule has 0 N–H and O–H groups in total. The lowest BCUT2D eigenvalue weighted by Crippen LogP contribution is -2.50. The maximum absolute atomic E-state index is 12.9. The monoisotopic (exact) mass is 448 g/mol. The molecule has 0 atom stereocenters. The van der Waals surface area contributed by atoms with Gasteiger partial charge in [0.25, 0.3) is 5.56 Å². The molecule has 9 nitrogen and oxygen atoms in total. The molecule has 9 heteroatoms. The lowest BCUT2D eigenvalue weighted by molar-refractivity contribution is -0.132. The van der Waals surface area contributed by atoms with Gasteiger partial charge in [-0.25, -0.2) is 4.68 Å². The number of amides is 1. The van der Waals surface area contributed by atoms with Gasteiger partial charge in [-0.1, -0.05) is 6.07 Å². The SMILES string of the molecule is COc1cccc(N2CCN(C(=O)Cn3nc(-c4ccc5c(c4)OCO5)ccc3=O)CC2)c1. The molecule has 3 heterocycles. The van der Waals surface area contributed by atoms with Gasteiger partial charge in [0.15, 0.2) is 11.5 Å². The molecule has 0 radical (unpaired) electrons. The number of carbonyl (C=O) groups excluding carboxylic acids is 1. The van der Waals surface area contributed by atoms with Crippen molar-refractivity contribution in [3.63, 3.8) is 0 Å². The van der Waals surface area contributed by atoms with Crippen LogP contribution in [0.25, 0.3) is 11.3 Å². The second-order valence-electron chi connectivity index (χ2n) is 7.85. The van der Waals surface area contributed by atoms with Crippen LogP contribution in [0.15, 0.2) is 59.4 Å². The Labute approximate surface area is 190 Å². The number of nitrogens with zero attached hydrogens (tertiary/aromatic N) is 4. The quantitative estimate of drug-likeness (QED) is 0.590. The Bertz CT molecular complexity index is 1230. The van der Waals surface area contributed by atoms with E-state index in [4.69, 9.17) is 14.2 Å². The molecule has 2 aliphatic rings. The first-order valence-corrected chi connectivity index (χ1v) is 10.8. The van der Waals surface area contributed by atoms with Crippen LogP contribution in [0.2, 0.25) is 0 Å². The van der Waals surface area contributed by atoms with Crippen LogP contribution in [0, 0.1) is 0 Å². The Hall–Kier alpha value is -4.01. The molecule has 170 valence electrons. The zero-order valence-corrected chi connectivity index (χ0v) is 18.3. The van der Waals surface area contributed by atoms with Crippen molar-refractivity contribution in [1.82, 2.24) is 14.7 Å². The van der Waals surface area contributed by atoms with Crippen molar-refractivity contribution in [2.75, 3.05) is 45.0 Å². The summed E-state index contributed by atoms with van der Waals surface area (Å²) >= 11 is 0. The molecule has 0 spiro atoms. The third kappa shape index (κ3) is 4.34. The average molecular weight is 448 g/mol. The Balaban J connectivity index is 1.25. The van der Waals surface area contributed by atoms with Crippen molar-refractivity contribution in [2.24, 2.45) is 0 Å². The molecule has 1 amide bonds. The lowest BCUT2D eigenvalue weighted by Gasteiger charge is -2.36. The number of ether oxygens (including phenoxy) is 3. The van der Waals surface area contributed by atoms with Crippen LogP contribution in [0.3, 0.4) is 0 Å². The molecule has 0 unspecified atom stereocenters. The molecule has 2 aliphatic heterocycles. The van der Waals surface area contributed by atoms with Crippen molar-refractivity contribution in [1.29, 1.82) is 0 Å². The molecular weight excluding hydrogens is 424 g/mol. The van der Waals surface area contributed by atoms with E-state index in [9.17, 15) is 9.59 Å². The molecule has 1 aromatic heterocycles. The number of hydrogen-bond donors (Lipinski definition) is 0. The van der Waals surface area contributed by atoms with Crippen molar-refractivity contribution < 1.29 is 19.0 Å². The summed E-state index contributed by atoms with van der Waals surface area (Å²) in [5, 5.41) is 4.42. The van der Waals surface area contributed by atoms with Crippen molar-refractivity contribution in [3.05, 3.63) is 65.0 Å². The first-order chi connectivity index (χ1) is 16.1. The zero-order chi connectivity index (χ0) is 22.8. The highest BCUT2D eigenvalue weighted by Gasteiger charge is 2.22. The third-order valence-corrected chi connectivity index (χ3v) is 5.87. The third-order valence-electron chi connectivity index (χ3n) is 5.87. The predicted octanol–water partition coefficient (Wildman–Crippen LogP) is 2.00. The van der Waals surface area contributed by atoms with Crippen LogP contribution in [0.5, 0.6) is 17.2 Å². The fraction of sp³-hybridized carbons (Fsp3) is 0.292.